The van der Waals surface area contributed by atoms with Gasteiger partial charge in [0.2, 0.25) is 0 Å². The average molecular weight is 261 g/mol. The molecule has 0 aliphatic rings. The van der Waals surface area contributed by atoms with Gasteiger partial charge in [0.15, 0.2) is 0 Å². The fraction of sp³-hybridized carbons (Fsp3) is 0.400. The summed E-state index contributed by atoms with van der Waals surface area (Å²) in [6.07, 6.45) is 4.21. The highest BCUT2D eigenvalue weighted by molar-refractivity contribution is 5.29. The van der Waals surface area contributed by atoms with Crippen molar-refractivity contribution in [2.75, 3.05) is 6.61 Å². The number of aryl methyl sites for hydroxylation is 1. The molecule has 102 valence electrons. The Hall–Kier alpha value is -1.81. The Bertz CT molecular complexity index is 522. The predicted molar refractivity (Wildman–Crippen MR) is 72.2 cm³/mol. The second-order valence-corrected chi connectivity index (χ2v) is 4.36. The van der Waals surface area contributed by atoms with Gasteiger partial charge in [0, 0.05) is 18.2 Å². The highest BCUT2D eigenvalue weighted by Gasteiger charge is 2.15. The fourth-order valence-electron chi connectivity index (χ4n) is 1.78. The predicted octanol–water partition coefficient (Wildman–Crippen LogP) is 3.11. The van der Waals surface area contributed by atoms with Gasteiger partial charge in [-0.05, 0) is 24.6 Å². The molecule has 1 N–H and O–H groups in total. The van der Waals surface area contributed by atoms with Gasteiger partial charge < -0.3 is 14.3 Å². The maximum absolute atomic E-state index is 10.3. The molecule has 0 spiro atoms. The summed E-state index contributed by atoms with van der Waals surface area (Å²) < 4.78 is 11.1. The SMILES string of the molecule is CCCOc1cncc(C(O)c2ccc(CC)o2)c1. The topological polar surface area (TPSA) is 55.5 Å². The van der Waals surface area contributed by atoms with E-state index < -0.39 is 6.10 Å². The normalized spacial score (nSPS) is 12.4. The number of furan rings is 1. The zero-order valence-electron chi connectivity index (χ0n) is 11.3. The molecule has 4 heteroatoms. The lowest BCUT2D eigenvalue weighted by Gasteiger charge is -2.10. The maximum Gasteiger partial charge on any atom is 0.138 e. The van der Waals surface area contributed by atoms with E-state index in [4.69, 9.17) is 9.15 Å². The quantitative estimate of drug-likeness (QED) is 0.868. The van der Waals surface area contributed by atoms with Crippen LogP contribution in [0.25, 0.3) is 0 Å². The van der Waals surface area contributed by atoms with E-state index in [9.17, 15) is 5.11 Å². The minimum Gasteiger partial charge on any atom is -0.492 e. The minimum atomic E-state index is -0.807. The Morgan fingerprint density at radius 2 is 2.16 bits per heavy atom. The summed E-state index contributed by atoms with van der Waals surface area (Å²) >= 11 is 0. The van der Waals surface area contributed by atoms with E-state index in [2.05, 4.69) is 4.98 Å². The smallest absolute Gasteiger partial charge is 0.138 e. The van der Waals surface area contributed by atoms with E-state index in [0.29, 0.717) is 23.7 Å². The molecule has 0 amide bonds. The van der Waals surface area contributed by atoms with Crippen molar-refractivity contribution in [3.05, 3.63) is 47.7 Å². The van der Waals surface area contributed by atoms with Gasteiger partial charge in [0.1, 0.15) is 23.4 Å². The van der Waals surface area contributed by atoms with Crippen LogP contribution >= 0.6 is 0 Å². The van der Waals surface area contributed by atoms with Crippen molar-refractivity contribution in [1.82, 2.24) is 4.98 Å². The molecule has 19 heavy (non-hydrogen) atoms. The summed E-state index contributed by atoms with van der Waals surface area (Å²) in [6.45, 7) is 4.69. The molecule has 1 unspecified atom stereocenters. The van der Waals surface area contributed by atoms with Gasteiger partial charge in [-0.1, -0.05) is 13.8 Å². The first kappa shape index (κ1) is 13.6. The van der Waals surface area contributed by atoms with Gasteiger partial charge >= 0.3 is 0 Å². The standard InChI is InChI=1S/C15H19NO3/c1-3-7-18-13-8-11(9-16-10-13)15(17)14-6-5-12(4-2)19-14/h5-6,8-10,15,17H,3-4,7H2,1-2H3. The molecule has 2 aromatic rings. The summed E-state index contributed by atoms with van der Waals surface area (Å²) in [5, 5.41) is 10.3. The molecular formula is C15H19NO3. The van der Waals surface area contributed by atoms with Gasteiger partial charge in [0.05, 0.1) is 12.8 Å². The van der Waals surface area contributed by atoms with Crippen molar-refractivity contribution in [3.63, 3.8) is 0 Å². The van der Waals surface area contributed by atoms with Crippen molar-refractivity contribution < 1.29 is 14.3 Å². The second kappa shape index (κ2) is 6.38. The summed E-state index contributed by atoms with van der Waals surface area (Å²) in [7, 11) is 0. The molecule has 0 bridgehead atoms. The summed E-state index contributed by atoms with van der Waals surface area (Å²) in [5.74, 6) is 2.06. The van der Waals surface area contributed by atoms with E-state index >= 15 is 0 Å². The monoisotopic (exact) mass is 261 g/mol. The number of hydrogen-bond acceptors (Lipinski definition) is 4. The van der Waals surface area contributed by atoms with Crippen LogP contribution in [0.5, 0.6) is 5.75 Å². The number of aromatic nitrogens is 1. The van der Waals surface area contributed by atoms with E-state index in [-0.39, 0.29) is 0 Å². The Morgan fingerprint density at radius 3 is 2.84 bits per heavy atom. The second-order valence-electron chi connectivity index (χ2n) is 4.36. The molecule has 4 nitrogen and oxygen atoms in total. The molecular weight excluding hydrogens is 242 g/mol. The van der Waals surface area contributed by atoms with E-state index in [0.717, 1.165) is 18.6 Å². The summed E-state index contributed by atoms with van der Waals surface area (Å²) in [4.78, 5) is 4.08. The molecule has 2 aromatic heterocycles. The third-order valence-corrected chi connectivity index (χ3v) is 2.82. The molecule has 0 saturated heterocycles. The van der Waals surface area contributed by atoms with Crippen LogP contribution in [0.1, 0.15) is 43.5 Å². The fourth-order valence-corrected chi connectivity index (χ4v) is 1.78. The van der Waals surface area contributed by atoms with Gasteiger partial charge in [0.25, 0.3) is 0 Å². The largest absolute Gasteiger partial charge is 0.492 e. The third kappa shape index (κ3) is 3.35. The zero-order chi connectivity index (χ0) is 13.7. The number of pyridine rings is 1. The Balaban J connectivity index is 2.15. The first-order valence-electron chi connectivity index (χ1n) is 6.59. The number of hydrogen-bond donors (Lipinski definition) is 1. The van der Waals surface area contributed by atoms with Crippen LogP contribution in [0.2, 0.25) is 0 Å². The maximum atomic E-state index is 10.3. The van der Waals surface area contributed by atoms with Gasteiger partial charge in [-0.25, -0.2) is 0 Å². The summed E-state index contributed by atoms with van der Waals surface area (Å²) in [6, 6.07) is 5.47. The Kier molecular flexibility index (Phi) is 4.58. The molecule has 2 rings (SSSR count). The summed E-state index contributed by atoms with van der Waals surface area (Å²) in [5.41, 5.74) is 0.672. The van der Waals surface area contributed by atoms with E-state index in [1.54, 1.807) is 24.5 Å². The van der Waals surface area contributed by atoms with Gasteiger partial charge in [-0.3, -0.25) is 4.98 Å². The van der Waals surface area contributed by atoms with Crippen LogP contribution in [-0.4, -0.2) is 16.7 Å². The van der Waals surface area contributed by atoms with Crippen LogP contribution in [0.3, 0.4) is 0 Å². The van der Waals surface area contributed by atoms with Gasteiger partial charge in [-0.2, -0.15) is 0 Å². The molecule has 0 saturated carbocycles. The number of rotatable bonds is 6. The van der Waals surface area contributed by atoms with Crippen LogP contribution in [0, 0.1) is 0 Å². The zero-order valence-corrected chi connectivity index (χ0v) is 11.3. The number of nitrogens with zero attached hydrogens (tertiary/aromatic N) is 1. The molecule has 0 fully saturated rings. The van der Waals surface area contributed by atoms with Crippen molar-refractivity contribution in [2.45, 2.75) is 32.8 Å². The highest BCUT2D eigenvalue weighted by Crippen LogP contribution is 2.25. The average Bonchev–Trinajstić information content (AvgIpc) is 2.93. The molecule has 2 heterocycles. The lowest BCUT2D eigenvalue weighted by Crippen LogP contribution is -2.01. The molecule has 0 radical (unpaired) electrons. The van der Waals surface area contributed by atoms with Gasteiger partial charge in [-0.15, -0.1) is 0 Å². The third-order valence-electron chi connectivity index (χ3n) is 2.82. The minimum absolute atomic E-state index is 0.534. The van der Waals surface area contributed by atoms with Crippen LogP contribution in [0.4, 0.5) is 0 Å². The van der Waals surface area contributed by atoms with Crippen molar-refractivity contribution in [1.29, 1.82) is 0 Å². The molecule has 1 atom stereocenters. The number of aliphatic hydroxyl groups excluding tert-OH is 1. The van der Waals surface area contributed by atoms with Crippen LogP contribution < -0.4 is 4.74 Å². The molecule has 0 aliphatic heterocycles. The lowest BCUT2D eigenvalue weighted by atomic mass is 10.1. The van der Waals surface area contributed by atoms with E-state index in [1.807, 2.05) is 19.9 Å². The van der Waals surface area contributed by atoms with Crippen molar-refractivity contribution in [3.8, 4) is 5.75 Å². The lowest BCUT2D eigenvalue weighted by molar-refractivity contribution is 0.186. The van der Waals surface area contributed by atoms with E-state index in [1.165, 1.54) is 0 Å². The van der Waals surface area contributed by atoms with Crippen LogP contribution in [-0.2, 0) is 6.42 Å². The number of aliphatic hydroxyl groups is 1. The molecule has 0 aliphatic carbocycles. The number of ether oxygens (including phenoxy) is 1. The van der Waals surface area contributed by atoms with Crippen LogP contribution in [0.15, 0.2) is 35.0 Å². The first-order chi connectivity index (χ1) is 9.24. The first-order valence-corrected chi connectivity index (χ1v) is 6.59. The highest BCUT2D eigenvalue weighted by atomic mass is 16.5. The van der Waals surface area contributed by atoms with Crippen molar-refractivity contribution >= 4 is 0 Å². The Labute approximate surface area is 113 Å². The molecule has 0 aromatic carbocycles. The Morgan fingerprint density at radius 1 is 1.32 bits per heavy atom. The van der Waals surface area contributed by atoms with Crippen molar-refractivity contribution in [2.24, 2.45) is 0 Å².